The van der Waals surface area contributed by atoms with Crippen molar-refractivity contribution in [3.8, 4) is 0 Å². The Bertz CT molecular complexity index is 545. The maximum absolute atomic E-state index is 11.9. The molecule has 0 aliphatic carbocycles. The Balaban J connectivity index is 3.48. The lowest BCUT2D eigenvalue weighted by molar-refractivity contribution is -0.116. The summed E-state index contributed by atoms with van der Waals surface area (Å²) in [6, 6.07) is 5.63. The van der Waals surface area contributed by atoms with Gasteiger partial charge >= 0.3 is 0 Å². The van der Waals surface area contributed by atoms with Crippen LogP contribution in [0, 0.1) is 0 Å². The molecule has 1 amide bonds. The molecule has 2 N–H and O–H groups in total. The molecule has 0 saturated carbocycles. The number of hydrogen-bond acceptors (Lipinski definition) is 3. The molecular weight excluding hydrogens is 264 g/mol. The summed E-state index contributed by atoms with van der Waals surface area (Å²) in [5.74, 6) is -0.668. The predicted molar refractivity (Wildman–Crippen MR) is 76.6 cm³/mol. The second kappa shape index (κ2) is 6.06. The van der Waals surface area contributed by atoms with Gasteiger partial charge in [0.15, 0.2) is 0 Å². The van der Waals surface area contributed by atoms with Crippen LogP contribution >= 0.6 is 0 Å². The van der Waals surface area contributed by atoms with E-state index in [9.17, 15) is 13.2 Å². The summed E-state index contributed by atoms with van der Waals surface area (Å²) in [6.07, 6.45) is 2.46. The van der Waals surface area contributed by atoms with Crippen LogP contribution in [0.4, 0.5) is 5.69 Å². The van der Waals surface area contributed by atoms with Crippen LogP contribution in [0.25, 0.3) is 0 Å². The van der Waals surface area contributed by atoms with Crippen molar-refractivity contribution in [2.24, 2.45) is 5.73 Å². The molecule has 0 heterocycles. The number of nitrogens with zero attached hydrogens (tertiary/aromatic N) is 1. The van der Waals surface area contributed by atoms with Gasteiger partial charge in [-0.05, 0) is 24.0 Å². The lowest BCUT2D eigenvalue weighted by Crippen LogP contribution is -2.39. The third kappa shape index (κ3) is 3.70. The van der Waals surface area contributed by atoms with Gasteiger partial charge in [0.2, 0.25) is 15.9 Å². The number of sulfonamides is 1. The number of benzene rings is 1. The standard InChI is InChI=1S/C13H20N2O3S/c1-4-10-7-6-8-11(5-2)13(10)15(9-12(14)16)19(3,17)18/h6-8H,4-5,9H2,1-3H3,(H2,14,16). The smallest absolute Gasteiger partial charge is 0.238 e. The Morgan fingerprint density at radius 1 is 1.21 bits per heavy atom. The third-order valence-electron chi connectivity index (χ3n) is 2.91. The van der Waals surface area contributed by atoms with Crippen molar-refractivity contribution in [3.63, 3.8) is 0 Å². The van der Waals surface area contributed by atoms with Crippen LogP contribution in [0.5, 0.6) is 0 Å². The highest BCUT2D eigenvalue weighted by molar-refractivity contribution is 7.92. The van der Waals surface area contributed by atoms with Crippen molar-refractivity contribution in [1.82, 2.24) is 0 Å². The van der Waals surface area contributed by atoms with E-state index in [-0.39, 0.29) is 6.54 Å². The fourth-order valence-corrected chi connectivity index (χ4v) is 2.97. The maximum Gasteiger partial charge on any atom is 0.238 e. The Morgan fingerprint density at radius 3 is 2.00 bits per heavy atom. The third-order valence-corrected chi connectivity index (χ3v) is 4.03. The highest BCUT2D eigenvalue weighted by Gasteiger charge is 2.23. The van der Waals surface area contributed by atoms with Crippen LogP contribution in [0.2, 0.25) is 0 Å². The summed E-state index contributed by atoms with van der Waals surface area (Å²) >= 11 is 0. The van der Waals surface area contributed by atoms with E-state index in [1.54, 1.807) is 0 Å². The van der Waals surface area contributed by atoms with Gasteiger partial charge in [-0.15, -0.1) is 0 Å². The van der Waals surface area contributed by atoms with Crippen LogP contribution in [0.15, 0.2) is 18.2 Å². The van der Waals surface area contributed by atoms with E-state index >= 15 is 0 Å². The molecule has 0 aliphatic rings. The van der Waals surface area contributed by atoms with Crippen LogP contribution in [0.3, 0.4) is 0 Å². The number of rotatable bonds is 6. The second-order valence-electron chi connectivity index (χ2n) is 4.37. The second-order valence-corrected chi connectivity index (χ2v) is 6.27. The molecule has 1 rings (SSSR count). The fraction of sp³-hybridized carbons (Fsp3) is 0.462. The van der Waals surface area contributed by atoms with Gasteiger partial charge in [-0.2, -0.15) is 0 Å². The molecule has 0 atom stereocenters. The predicted octanol–water partition coefficient (Wildman–Crippen LogP) is 1.06. The molecule has 0 saturated heterocycles. The number of carbonyl (C=O) groups excluding carboxylic acids is 1. The van der Waals surface area contributed by atoms with Gasteiger partial charge < -0.3 is 5.73 Å². The largest absolute Gasteiger partial charge is 0.368 e. The molecule has 0 unspecified atom stereocenters. The molecular formula is C13H20N2O3S. The number of hydrogen-bond donors (Lipinski definition) is 1. The number of para-hydroxylation sites is 1. The zero-order valence-electron chi connectivity index (χ0n) is 11.5. The highest BCUT2D eigenvalue weighted by Crippen LogP contribution is 2.28. The zero-order valence-corrected chi connectivity index (χ0v) is 12.3. The lowest BCUT2D eigenvalue weighted by Gasteiger charge is -2.26. The molecule has 106 valence electrons. The van der Waals surface area contributed by atoms with Gasteiger partial charge in [-0.25, -0.2) is 8.42 Å². The Hall–Kier alpha value is -1.56. The first-order chi connectivity index (χ1) is 8.81. The first kappa shape index (κ1) is 15.5. The first-order valence-corrected chi connectivity index (χ1v) is 8.02. The summed E-state index contributed by atoms with van der Waals surface area (Å²) in [5.41, 5.74) is 7.55. The summed E-state index contributed by atoms with van der Waals surface area (Å²) < 4.78 is 24.9. The summed E-state index contributed by atoms with van der Waals surface area (Å²) in [7, 11) is -3.55. The minimum atomic E-state index is -3.55. The van der Waals surface area contributed by atoms with Crippen molar-refractivity contribution < 1.29 is 13.2 Å². The first-order valence-electron chi connectivity index (χ1n) is 6.18. The van der Waals surface area contributed by atoms with Crippen molar-refractivity contribution in [3.05, 3.63) is 29.3 Å². The van der Waals surface area contributed by atoms with Gasteiger partial charge in [-0.1, -0.05) is 32.0 Å². The van der Waals surface area contributed by atoms with Crippen molar-refractivity contribution >= 4 is 21.6 Å². The van der Waals surface area contributed by atoms with E-state index in [2.05, 4.69) is 0 Å². The molecule has 1 aromatic rings. The van der Waals surface area contributed by atoms with Crippen molar-refractivity contribution in [2.75, 3.05) is 17.1 Å². The molecule has 6 heteroatoms. The molecule has 0 fully saturated rings. The Kier molecular flexibility index (Phi) is 4.94. The SMILES string of the molecule is CCc1cccc(CC)c1N(CC(N)=O)S(C)(=O)=O. The molecule has 0 aromatic heterocycles. The van der Waals surface area contributed by atoms with Crippen LogP contribution < -0.4 is 10.0 Å². The van der Waals surface area contributed by atoms with Gasteiger partial charge in [0.25, 0.3) is 0 Å². The summed E-state index contributed by atoms with van der Waals surface area (Å²) in [4.78, 5) is 11.1. The van der Waals surface area contributed by atoms with E-state index in [4.69, 9.17) is 5.73 Å². The van der Waals surface area contributed by atoms with Crippen LogP contribution in [-0.4, -0.2) is 27.1 Å². The Labute approximate surface area is 114 Å². The van der Waals surface area contributed by atoms with Crippen molar-refractivity contribution in [1.29, 1.82) is 0 Å². The average Bonchev–Trinajstić information content (AvgIpc) is 2.33. The van der Waals surface area contributed by atoms with E-state index in [1.807, 2.05) is 32.0 Å². The highest BCUT2D eigenvalue weighted by atomic mass is 32.2. The topological polar surface area (TPSA) is 80.5 Å². The van der Waals surface area contributed by atoms with Crippen molar-refractivity contribution in [2.45, 2.75) is 26.7 Å². The lowest BCUT2D eigenvalue weighted by atomic mass is 10.0. The number of amides is 1. The fourth-order valence-electron chi connectivity index (χ4n) is 2.04. The minimum Gasteiger partial charge on any atom is -0.368 e. The van der Waals surface area contributed by atoms with E-state index in [1.165, 1.54) is 0 Å². The molecule has 19 heavy (non-hydrogen) atoms. The van der Waals surface area contributed by atoms with Gasteiger partial charge in [-0.3, -0.25) is 9.10 Å². The molecule has 1 aromatic carbocycles. The Morgan fingerprint density at radius 2 is 1.68 bits per heavy atom. The normalized spacial score (nSPS) is 11.3. The molecule has 0 bridgehead atoms. The molecule has 0 aliphatic heterocycles. The van der Waals surface area contributed by atoms with Crippen LogP contribution in [0.1, 0.15) is 25.0 Å². The number of carbonyl (C=O) groups is 1. The monoisotopic (exact) mass is 284 g/mol. The number of nitrogens with two attached hydrogens (primary N) is 1. The number of anilines is 1. The van der Waals surface area contributed by atoms with Gasteiger partial charge in [0.05, 0.1) is 11.9 Å². The van der Waals surface area contributed by atoms with Gasteiger partial charge in [0.1, 0.15) is 6.54 Å². The van der Waals surface area contributed by atoms with E-state index < -0.39 is 15.9 Å². The summed E-state index contributed by atoms with van der Waals surface area (Å²) in [6.45, 7) is 3.56. The zero-order chi connectivity index (χ0) is 14.6. The van der Waals surface area contributed by atoms with Gasteiger partial charge in [0, 0.05) is 0 Å². The average molecular weight is 284 g/mol. The number of primary amides is 1. The van der Waals surface area contributed by atoms with Crippen LogP contribution in [-0.2, 0) is 27.7 Å². The summed E-state index contributed by atoms with van der Waals surface area (Å²) in [5, 5.41) is 0. The molecule has 5 nitrogen and oxygen atoms in total. The van der Waals surface area contributed by atoms with E-state index in [0.717, 1.165) is 21.7 Å². The van der Waals surface area contributed by atoms with E-state index in [0.29, 0.717) is 18.5 Å². The molecule has 0 spiro atoms. The maximum atomic E-state index is 11.9. The number of aryl methyl sites for hydroxylation is 2. The minimum absolute atomic E-state index is 0.331. The quantitative estimate of drug-likeness (QED) is 0.848. The molecule has 0 radical (unpaired) electrons.